The van der Waals surface area contributed by atoms with Gasteiger partial charge >= 0.3 is 6.18 Å². The summed E-state index contributed by atoms with van der Waals surface area (Å²) in [7, 11) is 0. The molecule has 0 spiro atoms. The molecule has 0 aliphatic carbocycles. The topological polar surface area (TPSA) is 49.4 Å². The van der Waals surface area contributed by atoms with Crippen LogP contribution >= 0.6 is 11.6 Å². The normalized spacial score (nSPS) is 11.5. The minimum absolute atomic E-state index is 0.0157. The summed E-state index contributed by atoms with van der Waals surface area (Å²) in [6.07, 6.45) is -4.55. The van der Waals surface area contributed by atoms with Gasteiger partial charge in [-0.15, -0.1) is 0 Å². The van der Waals surface area contributed by atoms with Crippen LogP contribution in [0.5, 0.6) is 0 Å². The highest BCUT2D eigenvalue weighted by atomic mass is 35.5. The largest absolute Gasteiger partial charge is 0.416 e. The molecule has 0 bridgehead atoms. The predicted molar refractivity (Wildman–Crippen MR) is 86.8 cm³/mol. The Morgan fingerprint density at radius 2 is 1.92 bits per heavy atom. The van der Waals surface area contributed by atoms with Gasteiger partial charge in [0.15, 0.2) is 0 Å². The molecule has 0 aliphatic heterocycles. The van der Waals surface area contributed by atoms with Gasteiger partial charge in [-0.25, -0.2) is 0 Å². The summed E-state index contributed by atoms with van der Waals surface area (Å²) in [6, 6.07) is 2.72. The SMILES string of the molecule is CC(=O)N(CCC(=O)Nc1cc(C(F)(F)F)ccc1Cl)CC(C)C. The van der Waals surface area contributed by atoms with Crippen molar-refractivity contribution >= 4 is 29.1 Å². The highest BCUT2D eigenvalue weighted by Gasteiger charge is 2.31. The Labute approximate surface area is 144 Å². The summed E-state index contributed by atoms with van der Waals surface area (Å²) in [6.45, 7) is 5.99. The standard InChI is InChI=1S/C16H20ClF3N2O2/c1-10(2)9-22(11(3)23)7-6-15(24)21-14-8-12(16(18,19)20)4-5-13(14)17/h4-5,8,10H,6-7,9H2,1-3H3,(H,21,24). The smallest absolute Gasteiger partial charge is 0.342 e. The highest BCUT2D eigenvalue weighted by Crippen LogP contribution is 2.33. The lowest BCUT2D eigenvalue weighted by Gasteiger charge is -2.22. The quantitative estimate of drug-likeness (QED) is 0.822. The average Bonchev–Trinajstić information content (AvgIpc) is 2.44. The number of alkyl halides is 3. The molecule has 24 heavy (non-hydrogen) atoms. The van der Waals surface area contributed by atoms with Crippen LogP contribution in [0.25, 0.3) is 0 Å². The number of rotatable bonds is 6. The van der Waals surface area contributed by atoms with Crippen LogP contribution < -0.4 is 5.32 Å². The third-order valence-electron chi connectivity index (χ3n) is 3.21. The Morgan fingerprint density at radius 3 is 2.42 bits per heavy atom. The number of carbonyl (C=O) groups is 2. The number of benzene rings is 1. The van der Waals surface area contributed by atoms with Crippen molar-refractivity contribution in [3.63, 3.8) is 0 Å². The molecule has 1 aromatic rings. The number of carbonyl (C=O) groups excluding carboxylic acids is 2. The maximum absolute atomic E-state index is 12.7. The van der Waals surface area contributed by atoms with Gasteiger partial charge in [0.1, 0.15) is 0 Å². The van der Waals surface area contributed by atoms with Crippen molar-refractivity contribution < 1.29 is 22.8 Å². The summed E-state index contributed by atoms with van der Waals surface area (Å²) in [5, 5.41) is 2.38. The van der Waals surface area contributed by atoms with E-state index in [1.165, 1.54) is 11.8 Å². The Bertz CT molecular complexity index is 603. The lowest BCUT2D eigenvalue weighted by atomic mass is 10.2. The zero-order chi connectivity index (χ0) is 18.5. The molecule has 4 nitrogen and oxygen atoms in total. The van der Waals surface area contributed by atoms with E-state index in [4.69, 9.17) is 11.6 Å². The van der Waals surface area contributed by atoms with E-state index in [1.54, 1.807) is 0 Å². The molecule has 134 valence electrons. The average molecular weight is 365 g/mol. The molecule has 0 radical (unpaired) electrons. The molecule has 0 aliphatic rings. The van der Waals surface area contributed by atoms with Crippen LogP contribution in [-0.4, -0.2) is 29.8 Å². The van der Waals surface area contributed by atoms with Gasteiger partial charge < -0.3 is 10.2 Å². The molecule has 2 amide bonds. The molecule has 0 atom stereocenters. The van der Waals surface area contributed by atoms with E-state index in [0.717, 1.165) is 18.2 Å². The molecule has 0 saturated heterocycles. The monoisotopic (exact) mass is 364 g/mol. The van der Waals surface area contributed by atoms with Gasteiger partial charge in [-0.2, -0.15) is 13.2 Å². The van der Waals surface area contributed by atoms with Crippen LogP contribution in [0.2, 0.25) is 5.02 Å². The first-order valence-electron chi connectivity index (χ1n) is 7.42. The molecule has 1 aromatic carbocycles. The molecule has 1 N–H and O–H groups in total. The lowest BCUT2D eigenvalue weighted by molar-refractivity contribution is -0.137. The van der Waals surface area contributed by atoms with Crippen LogP contribution in [0.1, 0.15) is 32.8 Å². The van der Waals surface area contributed by atoms with Crippen LogP contribution in [-0.2, 0) is 15.8 Å². The van der Waals surface area contributed by atoms with E-state index in [1.807, 2.05) is 13.8 Å². The summed E-state index contributed by atoms with van der Waals surface area (Å²) in [5.74, 6) is -0.422. The van der Waals surface area contributed by atoms with Crippen molar-refractivity contribution in [1.29, 1.82) is 0 Å². The number of halogens is 4. The Morgan fingerprint density at radius 1 is 1.29 bits per heavy atom. The fraction of sp³-hybridized carbons (Fsp3) is 0.500. The molecule has 0 heterocycles. The molecule has 1 rings (SSSR count). The summed E-state index contributed by atoms with van der Waals surface area (Å²) in [4.78, 5) is 25.0. The summed E-state index contributed by atoms with van der Waals surface area (Å²) >= 11 is 5.83. The maximum atomic E-state index is 12.7. The van der Waals surface area contributed by atoms with Crippen molar-refractivity contribution in [1.82, 2.24) is 4.90 Å². The summed E-state index contributed by atoms with van der Waals surface area (Å²) in [5.41, 5.74) is -0.998. The number of hydrogen-bond donors (Lipinski definition) is 1. The van der Waals surface area contributed by atoms with Gasteiger partial charge in [0.05, 0.1) is 16.3 Å². The fourth-order valence-corrected chi connectivity index (χ4v) is 2.23. The number of hydrogen-bond acceptors (Lipinski definition) is 2. The van der Waals surface area contributed by atoms with Gasteiger partial charge in [-0.05, 0) is 24.1 Å². The third-order valence-corrected chi connectivity index (χ3v) is 3.54. The van der Waals surface area contributed by atoms with Crippen molar-refractivity contribution in [2.75, 3.05) is 18.4 Å². The van der Waals surface area contributed by atoms with Crippen molar-refractivity contribution in [3.05, 3.63) is 28.8 Å². The molecule has 8 heteroatoms. The second-order valence-corrected chi connectivity index (χ2v) is 6.26. The molecular formula is C16H20ClF3N2O2. The maximum Gasteiger partial charge on any atom is 0.416 e. The summed E-state index contributed by atoms with van der Waals surface area (Å²) < 4.78 is 38.1. The molecule has 0 fully saturated rings. The fourth-order valence-electron chi connectivity index (χ4n) is 2.06. The second-order valence-electron chi connectivity index (χ2n) is 5.85. The third kappa shape index (κ3) is 6.39. The molecular weight excluding hydrogens is 345 g/mol. The van der Waals surface area contributed by atoms with E-state index >= 15 is 0 Å². The van der Waals surface area contributed by atoms with Crippen LogP contribution in [0.15, 0.2) is 18.2 Å². The zero-order valence-electron chi connectivity index (χ0n) is 13.7. The Balaban J connectivity index is 2.73. The van der Waals surface area contributed by atoms with Gasteiger partial charge in [-0.1, -0.05) is 25.4 Å². The van der Waals surface area contributed by atoms with Crippen molar-refractivity contribution in [2.45, 2.75) is 33.4 Å². The van der Waals surface area contributed by atoms with Crippen LogP contribution in [0.3, 0.4) is 0 Å². The van der Waals surface area contributed by atoms with Gasteiger partial charge in [-0.3, -0.25) is 9.59 Å². The van der Waals surface area contributed by atoms with E-state index in [0.29, 0.717) is 6.54 Å². The lowest BCUT2D eigenvalue weighted by Crippen LogP contribution is -2.34. The van der Waals surface area contributed by atoms with Gasteiger partial charge in [0.25, 0.3) is 0 Å². The van der Waals surface area contributed by atoms with Crippen LogP contribution in [0, 0.1) is 5.92 Å². The van der Waals surface area contributed by atoms with Crippen molar-refractivity contribution in [2.24, 2.45) is 5.92 Å². The first-order chi connectivity index (χ1) is 11.0. The Hall–Kier alpha value is -1.76. The first-order valence-corrected chi connectivity index (χ1v) is 7.80. The highest BCUT2D eigenvalue weighted by molar-refractivity contribution is 6.33. The minimum atomic E-state index is -4.52. The predicted octanol–water partition coefficient (Wildman–Crippen LogP) is 4.19. The Kier molecular flexibility index (Phi) is 7.08. The number of nitrogens with one attached hydrogen (secondary N) is 1. The van der Waals surface area contributed by atoms with E-state index in [9.17, 15) is 22.8 Å². The van der Waals surface area contributed by atoms with Crippen LogP contribution in [0.4, 0.5) is 18.9 Å². The number of amides is 2. The second kappa shape index (κ2) is 8.37. The van der Waals surface area contributed by atoms with Crippen molar-refractivity contribution in [3.8, 4) is 0 Å². The van der Waals surface area contributed by atoms with E-state index < -0.39 is 17.6 Å². The van der Waals surface area contributed by atoms with E-state index in [2.05, 4.69) is 5.32 Å². The molecule has 0 aromatic heterocycles. The van der Waals surface area contributed by atoms with Gasteiger partial charge in [0.2, 0.25) is 11.8 Å². The zero-order valence-corrected chi connectivity index (χ0v) is 14.5. The molecule has 0 saturated carbocycles. The first kappa shape index (κ1) is 20.3. The number of nitrogens with zero attached hydrogens (tertiary/aromatic N) is 1. The number of anilines is 1. The molecule has 0 unspecified atom stereocenters. The van der Waals surface area contributed by atoms with E-state index in [-0.39, 0.29) is 35.5 Å². The van der Waals surface area contributed by atoms with Gasteiger partial charge in [0, 0.05) is 26.4 Å². The minimum Gasteiger partial charge on any atom is -0.342 e.